The Morgan fingerprint density at radius 3 is 2.54 bits per heavy atom. The molecule has 0 fully saturated rings. The number of nitriles is 1. The molecular formula is C18H17F3N2O. The highest BCUT2D eigenvalue weighted by atomic mass is 19.4. The van der Waals surface area contributed by atoms with E-state index in [2.05, 4.69) is 4.98 Å². The van der Waals surface area contributed by atoms with Gasteiger partial charge in [-0.1, -0.05) is 19.9 Å². The Labute approximate surface area is 138 Å². The lowest BCUT2D eigenvalue weighted by atomic mass is 10.0. The van der Waals surface area contributed by atoms with Gasteiger partial charge in [-0.15, -0.1) is 0 Å². The fourth-order valence-electron chi connectivity index (χ4n) is 2.34. The van der Waals surface area contributed by atoms with Gasteiger partial charge < -0.3 is 4.74 Å². The summed E-state index contributed by atoms with van der Waals surface area (Å²) in [6.45, 7) is 4.01. The molecule has 0 saturated carbocycles. The molecular weight excluding hydrogens is 317 g/mol. The van der Waals surface area contributed by atoms with Gasteiger partial charge in [-0.3, -0.25) is 4.98 Å². The molecule has 0 bridgehead atoms. The summed E-state index contributed by atoms with van der Waals surface area (Å²) in [5.74, 6) is 0.367. The molecule has 0 spiro atoms. The quantitative estimate of drug-likeness (QED) is 0.761. The molecule has 1 atom stereocenters. The van der Waals surface area contributed by atoms with E-state index in [4.69, 9.17) is 10.00 Å². The van der Waals surface area contributed by atoms with Crippen molar-refractivity contribution in [3.05, 3.63) is 59.4 Å². The maximum Gasteiger partial charge on any atom is 0.417 e. The molecule has 1 heterocycles. The number of aromatic nitrogens is 1. The Kier molecular flexibility index (Phi) is 5.45. The topological polar surface area (TPSA) is 45.9 Å². The van der Waals surface area contributed by atoms with Crippen LogP contribution < -0.4 is 4.74 Å². The molecule has 0 aliphatic rings. The molecule has 2 aromatic rings. The van der Waals surface area contributed by atoms with Crippen LogP contribution in [0, 0.1) is 17.2 Å². The van der Waals surface area contributed by atoms with Crippen LogP contribution in [0.3, 0.4) is 0 Å². The van der Waals surface area contributed by atoms with Crippen molar-refractivity contribution in [1.82, 2.24) is 4.98 Å². The summed E-state index contributed by atoms with van der Waals surface area (Å²) < 4.78 is 45.0. The Balaban J connectivity index is 2.35. The smallest absolute Gasteiger partial charge is 0.417 e. The third kappa shape index (κ3) is 4.48. The number of benzene rings is 1. The average molecular weight is 334 g/mol. The number of halogens is 3. The fraction of sp³-hybridized carbons (Fsp3) is 0.333. The minimum absolute atomic E-state index is 0.0795. The maximum atomic E-state index is 13.1. The molecule has 2 rings (SSSR count). The highest BCUT2D eigenvalue weighted by Gasteiger charge is 2.34. The van der Waals surface area contributed by atoms with Gasteiger partial charge in [0.25, 0.3) is 0 Å². The Hall–Kier alpha value is -2.55. The first-order valence-corrected chi connectivity index (χ1v) is 7.49. The van der Waals surface area contributed by atoms with Gasteiger partial charge >= 0.3 is 6.18 Å². The first kappa shape index (κ1) is 17.8. The molecule has 3 nitrogen and oxygen atoms in total. The Bertz CT molecular complexity index is 721. The number of hydrogen-bond acceptors (Lipinski definition) is 3. The van der Waals surface area contributed by atoms with E-state index in [9.17, 15) is 13.2 Å². The minimum atomic E-state index is -4.60. The molecule has 0 aliphatic carbocycles. The van der Waals surface area contributed by atoms with Crippen molar-refractivity contribution >= 4 is 0 Å². The van der Waals surface area contributed by atoms with Crippen molar-refractivity contribution in [2.24, 2.45) is 5.92 Å². The van der Waals surface area contributed by atoms with Crippen LogP contribution in [0.15, 0.2) is 42.7 Å². The molecule has 0 N–H and O–H groups in total. The lowest BCUT2D eigenvalue weighted by Crippen LogP contribution is -2.13. The second-order valence-corrected chi connectivity index (χ2v) is 5.84. The summed E-state index contributed by atoms with van der Waals surface area (Å²) in [6, 6.07) is 8.54. The van der Waals surface area contributed by atoms with E-state index >= 15 is 0 Å². The molecule has 24 heavy (non-hydrogen) atoms. The van der Waals surface area contributed by atoms with Crippen LogP contribution in [0.4, 0.5) is 13.2 Å². The number of rotatable bonds is 5. The lowest BCUT2D eigenvalue weighted by Gasteiger charge is -2.22. The number of nitrogens with zero attached hydrogens (tertiary/aromatic N) is 2. The van der Waals surface area contributed by atoms with Gasteiger partial charge in [-0.25, -0.2) is 0 Å². The summed E-state index contributed by atoms with van der Waals surface area (Å²) in [7, 11) is 0. The van der Waals surface area contributed by atoms with Crippen molar-refractivity contribution in [3.8, 4) is 11.8 Å². The Morgan fingerprint density at radius 2 is 2.00 bits per heavy atom. The lowest BCUT2D eigenvalue weighted by molar-refractivity contribution is -0.137. The van der Waals surface area contributed by atoms with Gasteiger partial charge in [-0.05, 0) is 36.6 Å². The van der Waals surface area contributed by atoms with Crippen molar-refractivity contribution < 1.29 is 17.9 Å². The summed E-state index contributed by atoms with van der Waals surface area (Å²) in [4.78, 5) is 4.04. The summed E-state index contributed by atoms with van der Waals surface area (Å²) >= 11 is 0. The van der Waals surface area contributed by atoms with Crippen LogP contribution in [0.2, 0.25) is 0 Å². The van der Waals surface area contributed by atoms with E-state index in [1.54, 1.807) is 24.5 Å². The van der Waals surface area contributed by atoms with E-state index in [0.717, 1.165) is 17.7 Å². The van der Waals surface area contributed by atoms with E-state index in [1.807, 2.05) is 19.9 Å². The van der Waals surface area contributed by atoms with Crippen LogP contribution in [-0.2, 0) is 6.18 Å². The van der Waals surface area contributed by atoms with E-state index in [1.165, 1.54) is 6.07 Å². The van der Waals surface area contributed by atoms with Crippen LogP contribution >= 0.6 is 0 Å². The maximum absolute atomic E-state index is 13.1. The summed E-state index contributed by atoms with van der Waals surface area (Å²) in [6.07, 6.45) is -1.12. The molecule has 126 valence electrons. The number of alkyl halides is 3. The highest BCUT2D eigenvalue weighted by Crippen LogP contribution is 2.36. The third-order valence-electron chi connectivity index (χ3n) is 3.44. The Morgan fingerprint density at radius 1 is 1.25 bits per heavy atom. The molecule has 0 aliphatic heterocycles. The predicted octanol–water partition coefficient (Wildman–Crippen LogP) is 5.14. The largest absolute Gasteiger partial charge is 0.486 e. The van der Waals surface area contributed by atoms with Crippen LogP contribution in [-0.4, -0.2) is 4.98 Å². The van der Waals surface area contributed by atoms with Crippen molar-refractivity contribution in [3.63, 3.8) is 0 Å². The molecule has 0 amide bonds. The summed E-state index contributed by atoms with van der Waals surface area (Å²) in [5.41, 5.74) is -0.613. The molecule has 1 aromatic heterocycles. The standard InChI is InChI=1S/C18H17F3N2O/c1-12(2)8-17(14-4-3-7-23-11-14)24-15-6-5-13(10-22)16(9-15)18(19,20)21/h3-7,9,11-12,17H,8H2,1-2H3. The second-order valence-electron chi connectivity index (χ2n) is 5.84. The summed E-state index contributed by atoms with van der Waals surface area (Å²) in [5, 5.41) is 8.85. The normalized spacial score (nSPS) is 12.7. The zero-order chi connectivity index (χ0) is 17.7. The van der Waals surface area contributed by atoms with Gasteiger partial charge in [0.05, 0.1) is 17.2 Å². The first-order chi connectivity index (χ1) is 11.3. The van der Waals surface area contributed by atoms with Gasteiger partial charge in [0.2, 0.25) is 0 Å². The van der Waals surface area contributed by atoms with Crippen molar-refractivity contribution in [1.29, 1.82) is 5.26 Å². The van der Waals surface area contributed by atoms with Crippen LogP contribution in [0.1, 0.15) is 43.1 Å². The zero-order valence-corrected chi connectivity index (χ0v) is 13.3. The van der Waals surface area contributed by atoms with Gasteiger partial charge in [-0.2, -0.15) is 18.4 Å². The molecule has 6 heteroatoms. The van der Waals surface area contributed by atoms with E-state index in [0.29, 0.717) is 6.42 Å². The molecule has 1 unspecified atom stereocenters. The highest BCUT2D eigenvalue weighted by molar-refractivity contribution is 5.44. The number of ether oxygens (including phenoxy) is 1. The second kappa shape index (κ2) is 7.35. The van der Waals surface area contributed by atoms with Crippen LogP contribution in [0.25, 0.3) is 0 Å². The van der Waals surface area contributed by atoms with E-state index in [-0.39, 0.29) is 11.7 Å². The van der Waals surface area contributed by atoms with Crippen molar-refractivity contribution in [2.45, 2.75) is 32.5 Å². The third-order valence-corrected chi connectivity index (χ3v) is 3.44. The number of pyridine rings is 1. The predicted molar refractivity (Wildman–Crippen MR) is 83.2 cm³/mol. The number of hydrogen-bond donors (Lipinski definition) is 0. The monoisotopic (exact) mass is 334 g/mol. The van der Waals surface area contributed by atoms with Gasteiger partial charge in [0.15, 0.2) is 0 Å². The minimum Gasteiger partial charge on any atom is -0.486 e. The van der Waals surface area contributed by atoms with Gasteiger partial charge in [0.1, 0.15) is 11.9 Å². The fourth-order valence-corrected chi connectivity index (χ4v) is 2.34. The molecule has 0 radical (unpaired) electrons. The van der Waals surface area contributed by atoms with Crippen molar-refractivity contribution in [2.75, 3.05) is 0 Å². The van der Waals surface area contributed by atoms with E-state index < -0.39 is 23.4 Å². The average Bonchev–Trinajstić information content (AvgIpc) is 2.54. The van der Waals surface area contributed by atoms with Crippen LogP contribution in [0.5, 0.6) is 5.75 Å². The molecule has 0 saturated heterocycles. The first-order valence-electron chi connectivity index (χ1n) is 7.49. The van der Waals surface area contributed by atoms with Gasteiger partial charge in [0, 0.05) is 18.0 Å². The molecule has 1 aromatic carbocycles. The zero-order valence-electron chi connectivity index (χ0n) is 13.3. The SMILES string of the molecule is CC(C)CC(Oc1ccc(C#N)c(C(F)(F)F)c1)c1cccnc1.